The van der Waals surface area contributed by atoms with Crippen molar-refractivity contribution in [1.29, 1.82) is 0 Å². The van der Waals surface area contributed by atoms with Gasteiger partial charge in [0.2, 0.25) is 5.91 Å². The summed E-state index contributed by atoms with van der Waals surface area (Å²) in [6, 6.07) is 3.16. The molecule has 1 aliphatic rings. The maximum absolute atomic E-state index is 12.1. The third kappa shape index (κ3) is 3.67. The van der Waals surface area contributed by atoms with Crippen LogP contribution in [0.5, 0.6) is 0 Å². The quantitative estimate of drug-likeness (QED) is 0.865. The Kier molecular flexibility index (Phi) is 4.74. The van der Waals surface area contributed by atoms with Gasteiger partial charge >= 0.3 is 5.97 Å². The van der Waals surface area contributed by atoms with Gasteiger partial charge in [-0.05, 0) is 30.4 Å². The number of likely N-dealkylation sites (tertiary alicyclic amines) is 1. The van der Waals surface area contributed by atoms with E-state index in [1.165, 1.54) is 11.0 Å². The van der Waals surface area contributed by atoms with Crippen LogP contribution in [0.15, 0.2) is 23.6 Å². The molecule has 0 aromatic carbocycles. The maximum atomic E-state index is 12.1. The van der Waals surface area contributed by atoms with Gasteiger partial charge in [0.15, 0.2) is 0 Å². The van der Waals surface area contributed by atoms with Gasteiger partial charge in [-0.1, -0.05) is 18.9 Å². The highest BCUT2D eigenvalue weighted by atomic mass is 32.1. The van der Waals surface area contributed by atoms with Crippen LogP contribution in [0, 0.1) is 0 Å². The van der Waals surface area contributed by atoms with Gasteiger partial charge in [-0.2, -0.15) is 0 Å². The normalized spacial score (nSPS) is 20.4. The average molecular weight is 279 g/mol. The van der Waals surface area contributed by atoms with Crippen LogP contribution in [0.1, 0.15) is 30.6 Å². The van der Waals surface area contributed by atoms with Crippen LogP contribution in [0.25, 0.3) is 6.08 Å². The smallest absolute Gasteiger partial charge is 0.326 e. The summed E-state index contributed by atoms with van der Waals surface area (Å²) in [5.74, 6) is -1.11. The van der Waals surface area contributed by atoms with Crippen molar-refractivity contribution in [3.63, 3.8) is 0 Å². The Labute approximate surface area is 116 Å². The number of carbonyl (C=O) groups is 2. The van der Waals surface area contributed by atoms with Gasteiger partial charge < -0.3 is 10.0 Å². The van der Waals surface area contributed by atoms with Gasteiger partial charge in [0.1, 0.15) is 6.04 Å². The molecule has 2 rings (SSSR count). The summed E-state index contributed by atoms with van der Waals surface area (Å²) in [6.45, 7) is 0.532. The number of hydrogen-bond donors (Lipinski definition) is 1. The molecule has 1 aliphatic heterocycles. The fourth-order valence-corrected chi connectivity index (χ4v) is 2.88. The van der Waals surface area contributed by atoms with E-state index >= 15 is 0 Å². The predicted octanol–water partition coefficient (Wildman–Crippen LogP) is 2.62. The Balaban J connectivity index is 2.08. The molecule has 1 fully saturated rings. The van der Waals surface area contributed by atoms with Crippen molar-refractivity contribution in [3.05, 3.63) is 28.5 Å². The second kappa shape index (κ2) is 6.52. The number of carboxylic acids is 1. The standard InChI is InChI=1S/C14H17NO3S/c16-13(8-7-11-5-4-10-19-11)15-9-3-1-2-6-12(15)14(17)18/h4-5,7-8,10,12H,1-3,6,9H2,(H,17,18). The predicted molar refractivity (Wildman–Crippen MR) is 75.0 cm³/mol. The molecule has 1 amide bonds. The van der Waals surface area contributed by atoms with Crippen molar-refractivity contribution >= 4 is 29.3 Å². The van der Waals surface area contributed by atoms with Crippen molar-refractivity contribution in [2.75, 3.05) is 6.54 Å². The number of aliphatic carboxylic acids is 1. The zero-order chi connectivity index (χ0) is 13.7. The van der Waals surface area contributed by atoms with E-state index in [9.17, 15) is 14.7 Å². The van der Waals surface area contributed by atoms with Crippen LogP contribution in [-0.2, 0) is 9.59 Å². The minimum absolute atomic E-state index is 0.206. The monoisotopic (exact) mass is 279 g/mol. The first-order valence-corrected chi connectivity index (χ1v) is 7.31. The first-order chi connectivity index (χ1) is 9.18. The molecule has 1 aromatic rings. The van der Waals surface area contributed by atoms with Crippen molar-refractivity contribution in [2.45, 2.75) is 31.7 Å². The van der Waals surface area contributed by atoms with Crippen LogP contribution >= 0.6 is 11.3 Å². The topological polar surface area (TPSA) is 57.6 Å². The largest absolute Gasteiger partial charge is 0.480 e. The van der Waals surface area contributed by atoms with Crippen molar-refractivity contribution < 1.29 is 14.7 Å². The number of amides is 1. The van der Waals surface area contributed by atoms with E-state index in [2.05, 4.69) is 0 Å². The molecule has 0 saturated carbocycles. The molecule has 0 bridgehead atoms. The van der Waals surface area contributed by atoms with Crippen LogP contribution < -0.4 is 0 Å². The molecule has 2 heterocycles. The SMILES string of the molecule is O=C(O)C1CCCCCN1C(=O)C=Cc1cccs1. The van der Waals surface area contributed by atoms with Crippen LogP contribution in [0.3, 0.4) is 0 Å². The van der Waals surface area contributed by atoms with Gasteiger partial charge in [-0.15, -0.1) is 11.3 Å². The second-order valence-corrected chi connectivity index (χ2v) is 5.56. The lowest BCUT2D eigenvalue weighted by Gasteiger charge is -2.25. The molecule has 1 aromatic heterocycles. The van der Waals surface area contributed by atoms with Gasteiger partial charge in [-0.3, -0.25) is 4.79 Å². The van der Waals surface area contributed by atoms with Crippen LogP contribution in [0.4, 0.5) is 0 Å². The van der Waals surface area contributed by atoms with Crippen LogP contribution in [0.2, 0.25) is 0 Å². The molecule has 0 radical (unpaired) electrons. The number of hydrogen-bond acceptors (Lipinski definition) is 3. The van der Waals surface area contributed by atoms with E-state index < -0.39 is 12.0 Å². The zero-order valence-electron chi connectivity index (χ0n) is 10.6. The summed E-state index contributed by atoms with van der Waals surface area (Å²) in [7, 11) is 0. The van der Waals surface area contributed by atoms with Crippen molar-refractivity contribution in [2.24, 2.45) is 0 Å². The first kappa shape index (κ1) is 13.8. The minimum Gasteiger partial charge on any atom is -0.480 e. The van der Waals surface area contributed by atoms with Gasteiger partial charge in [0.25, 0.3) is 0 Å². The highest BCUT2D eigenvalue weighted by Crippen LogP contribution is 2.18. The molecule has 1 unspecified atom stereocenters. The zero-order valence-corrected chi connectivity index (χ0v) is 11.4. The molecule has 102 valence electrons. The lowest BCUT2D eigenvalue weighted by Crippen LogP contribution is -2.43. The number of rotatable bonds is 3. The lowest BCUT2D eigenvalue weighted by atomic mass is 10.1. The molecule has 4 nitrogen and oxygen atoms in total. The number of nitrogens with zero attached hydrogens (tertiary/aromatic N) is 1. The molecule has 1 atom stereocenters. The Bertz CT molecular complexity index is 467. The Morgan fingerprint density at radius 1 is 1.37 bits per heavy atom. The molecule has 1 saturated heterocycles. The summed E-state index contributed by atoms with van der Waals surface area (Å²) < 4.78 is 0. The fourth-order valence-electron chi connectivity index (χ4n) is 2.26. The van der Waals surface area contributed by atoms with E-state index in [-0.39, 0.29) is 5.91 Å². The van der Waals surface area contributed by atoms with E-state index in [0.29, 0.717) is 13.0 Å². The summed E-state index contributed by atoms with van der Waals surface area (Å²) in [5, 5.41) is 11.2. The van der Waals surface area contributed by atoms with Crippen molar-refractivity contribution in [3.8, 4) is 0 Å². The average Bonchev–Trinajstić information content (AvgIpc) is 2.77. The van der Waals surface area contributed by atoms with E-state index in [4.69, 9.17) is 0 Å². The molecule has 5 heteroatoms. The highest BCUT2D eigenvalue weighted by molar-refractivity contribution is 7.10. The number of carboxylic acid groups (broad SMARTS) is 1. The number of thiophene rings is 1. The van der Waals surface area contributed by atoms with E-state index in [1.807, 2.05) is 17.5 Å². The molecular formula is C14H17NO3S. The number of carbonyl (C=O) groups excluding carboxylic acids is 1. The second-order valence-electron chi connectivity index (χ2n) is 4.58. The summed E-state index contributed by atoms with van der Waals surface area (Å²) in [4.78, 5) is 25.9. The van der Waals surface area contributed by atoms with Crippen LogP contribution in [-0.4, -0.2) is 34.5 Å². The molecule has 0 aliphatic carbocycles. The van der Waals surface area contributed by atoms with E-state index in [0.717, 1.165) is 24.1 Å². The van der Waals surface area contributed by atoms with Gasteiger partial charge in [0, 0.05) is 17.5 Å². The third-order valence-corrected chi connectivity index (χ3v) is 4.09. The first-order valence-electron chi connectivity index (χ1n) is 6.43. The van der Waals surface area contributed by atoms with E-state index in [1.54, 1.807) is 17.4 Å². The third-order valence-electron chi connectivity index (χ3n) is 3.25. The Morgan fingerprint density at radius 2 is 2.21 bits per heavy atom. The lowest BCUT2D eigenvalue weighted by molar-refractivity contribution is -0.148. The van der Waals surface area contributed by atoms with Gasteiger partial charge in [-0.25, -0.2) is 4.79 Å². The Morgan fingerprint density at radius 3 is 2.89 bits per heavy atom. The molecule has 0 spiro atoms. The molecular weight excluding hydrogens is 262 g/mol. The fraction of sp³-hybridized carbons (Fsp3) is 0.429. The minimum atomic E-state index is -0.903. The highest BCUT2D eigenvalue weighted by Gasteiger charge is 2.29. The molecule has 19 heavy (non-hydrogen) atoms. The molecule has 1 N–H and O–H groups in total. The summed E-state index contributed by atoms with van der Waals surface area (Å²) >= 11 is 1.55. The Hall–Kier alpha value is -1.62. The summed E-state index contributed by atoms with van der Waals surface area (Å²) in [5.41, 5.74) is 0. The van der Waals surface area contributed by atoms with Gasteiger partial charge in [0.05, 0.1) is 0 Å². The van der Waals surface area contributed by atoms with Crippen molar-refractivity contribution in [1.82, 2.24) is 4.90 Å². The summed E-state index contributed by atoms with van der Waals surface area (Å²) in [6.07, 6.45) is 6.51. The maximum Gasteiger partial charge on any atom is 0.326 e.